The minimum absolute atomic E-state index is 0.125. The third-order valence-corrected chi connectivity index (χ3v) is 10.3. The molecule has 2 heterocycles. The lowest BCUT2D eigenvalue weighted by Crippen LogP contribution is -2.46. The first kappa shape index (κ1) is 30.7. The monoisotopic (exact) mass is 610 g/mol. The minimum Gasteiger partial charge on any atom is -0.497 e. The number of methoxy groups -OCH3 is 2. The normalized spacial score (nSPS) is 20.7. The standard InChI is InChI=1S/C32H38N2O8S/c1-5-16-34(43(37,38)26-13-11-25(40-4)12-14-26)21(2)18-33-19-27(23-8-15-28-29(17-23)42-20-41-28)30(32(35)36)31(33)22-6-9-24(39-3)10-7-22/h6-15,17,21,27,30-31H,5,16,18-20H2,1-4H3,(H,35,36). The van der Waals surface area contributed by atoms with Gasteiger partial charge in [0.2, 0.25) is 16.8 Å². The number of benzene rings is 3. The number of carbonyl (C=O) groups is 1. The Morgan fingerprint density at radius 2 is 1.58 bits per heavy atom. The number of carboxylic acids is 1. The van der Waals surface area contributed by atoms with Crippen LogP contribution in [0, 0.1) is 5.92 Å². The van der Waals surface area contributed by atoms with E-state index in [2.05, 4.69) is 4.90 Å². The summed E-state index contributed by atoms with van der Waals surface area (Å²) >= 11 is 0. The largest absolute Gasteiger partial charge is 0.497 e. The van der Waals surface area contributed by atoms with Gasteiger partial charge in [0.1, 0.15) is 11.5 Å². The molecular weight excluding hydrogens is 572 g/mol. The van der Waals surface area contributed by atoms with Crippen LogP contribution in [-0.4, -0.2) is 75.4 Å². The van der Waals surface area contributed by atoms with Gasteiger partial charge in [-0.25, -0.2) is 8.42 Å². The number of hydrogen-bond acceptors (Lipinski definition) is 8. The van der Waals surface area contributed by atoms with E-state index in [0.29, 0.717) is 49.1 Å². The van der Waals surface area contributed by atoms with Crippen molar-refractivity contribution in [3.8, 4) is 23.0 Å². The van der Waals surface area contributed by atoms with Gasteiger partial charge in [0.15, 0.2) is 11.5 Å². The highest BCUT2D eigenvalue weighted by Gasteiger charge is 2.48. The average molecular weight is 611 g/mol. The molecule has 4 unspecified atom stereocenters. The van der Waals surface area contributed by atoms with Crippen LogP contribution in [0.3, 0.4) is 0 Å². The number of fused-ring (bicyclic) bond motifs is 1. The SMILES string of the molecule is CCCN(C(C)CN1CC(c2ccc3c(c2)OCO3)C(C(=O)O)C1c1ccc(OC)cc1)S(=O)(=O)c1ccc(OC)cc1. The van der Waals surface area contributed by atoms with Crippen LogP contribution >= 0.6 is 0 Å². The molecule has 10 nitrogen and oxygen atoms in total. The Balaban J connectivity index is 1.50. The fourth-order valence-electron chi connectivity index (χ4n) is 6.21. The first-order valence-electron chi connectivity index (χ1n) is 14.3. The van der Waals surface area contributed by atoms with Crippen molar-refractivity contribution in [2.75, 3.05) is 40.6 Å². The van der Waals surface area contributed by atoms with Crippen molar-refractivity contribution in [1.82, 2.24) is 9.21 Å². The summed E-state index contributed by atoms with van der Waals surface area (Å²) in [5.74, 6) is 0.375. The number of aliphatic carboxylic acids is 1. The van der Waals surface area contributed by atoms with E-state index in [-0.39, 0.29) is 17.6 Å². The lowest BCUT2D eigenvalue weighted by Gasteiger charge is -2.34. The lowest BCUT2D eigenvalue weighted by molar-refractivity contribution is -0.143. The first-order valence-corrected chi connectivity index (χ1v) is 15.8. The molecule has 0 spiro atoms. The molecule has 4 atom stereocenters. The van der Waals surface area contributed by atoms with Gasteiger partial charge in [-0.15, -0.1) is 0 Å². The van der Waals surface area contributed by atoms with Gasteiger partial charge >= 0.3 is 5.97 Å². The Labute approximate surface area is 252 Å². The van der Waals surface area contributed by atoms with E-state index < -0.39 is 34.0 Å². The zero-order valence-corrected chi connectivity index (χ0v) is 25.6. The van der Waals surface area contributed by atoms with Gasteiger partial charge in [-0.3, -0.25) is 9.69 Å². The Morgan fingerprint density at radius 3 is 2.19 bits per heavy atom. The Hall–Kier alpha value is -3.80. The summed E-state index contributed by atoms with van der Waals surface area (Å²) in [5.41, 5.74) is 1.66. The topological polar surface area (TPSA) is 115 Å². The number of hydrogen-bond donors (Lipinski definition) is 1. The molecule has 0 aromatic heterocycles. The van der Waals surface area contributed by atoms with E-state index >= 15 is 0 Å². The molecule has 1 fully saturated rings. The summed E-state index contributed by atoms with van der Waals surface area (Å²) in [5, 5.41) is 10.6. The highest BCUT2D eigenvalue weighted by Crippen LogP contribution is 2.48. The highest BCUT2D eigenvalue weighted by atomic mass is 32.2. The second kappa shape index (κ2) is 12.8. The van der Waals surface area contributed by atoms with Crippen molar-refractivity contribution in [2.24, 2.45) is 5.92 Å². The summed E-state index contributed by atoms with van der Waals surface area (Å²) in [6, 6.07) is 18.4. The molecule has 1 N–H and O–H groups in total. The quantitative estimate of drug-likeness (QED) is 0.310. The zero-order chi connectivity index (χ0) is 30.7. The van der Waals surface area contributed by atoms with E-state index in [1.165, 1.54) is 11.4 Å². The van der Waals surface area contributed by atoms with Crippen molar-refractivity contribution in [3.05, 3.63) is 77.9 Å². The van der Waals surface area contributed by atoms with Crippen molar-refractivity contribution in [1.29, 1.82) is 0 Å². The molecule has 3 aromatic rings. The Kier molecular flexibility index (Phi) is 9.14. The predicted molar refractivity (Wildman–Crippen MR) is 160 cm³/mol. The van der Waals surface area contributed by atoms with Crippen LogP contribution < -0.4 is 18.9 Å². The highest BCUT2D eigenvalue weighted by molar-refractivity contribution is 7.89. The van der Waals surface area contributed by atoms with Crippen LogP contribution in [0.2, 0.25) is 0 Å². The van der Waals surface area contributed by atoms with Crippen LogP contribution in [0.15, 0.2) is 71.6 Å². The van der Waals surface area contributed by atoms with Gasteiger partial charge in [-0.1, -0.05) is 25.1 Å². The summed E-state index contributed by atoms with van der Waals surface area (Å²) < 4.78 is 50.9. The van der Waals surface area contributed by atoms with Gasteiger partial charge in [-0.05, 0) is 73.0 Å². The van der Waals surface area contributed by atoms with Gasteiger partial charge in [0.25, 0.3) is 0 Å². The smallest absolute Gasteiger partial charge is 0.309 e. The fourth-order valence-corrected chi connectivity index (χ4v) is 7.92. The van der Waals surface area contributed by atoms with Crippen molar-refractivity contribution < 1.29 is 37.3 Å². The summed E-state index contributed by atoms with van der Waals surface area (Å²) in [6.07, 6.45) is 0.624. The maximum Gasteiger partial charge on any atom is 0.309 e. The Bertz CT molecular complexity index is 1530. The number of ether oxygens (including phenoxy) is 4. The molecule has 2 aliphatic rings. The molecule has 43 heavy (non-hydrogen) atoms. The van der Waals surface area contributed by atoms with E-state index in [4.69, 9.17) is 18.9 Å². The van der Waals surface area contributed by atoms with Crippen LogP contribution in [0.5, 0.6) is 23.0 Å². The van der Waals surface area contributed by atoms with Crippen LogP contribution in [0.1, 0.15) is 43.4 Å². The van der Waals surface area contributed by atoms with Crippen LogP contribution in [0.4, 0.5) is 0 Å². The lowest BCUT2D eigenvalue weighted by atomic mass is 9.82. The van der Waals surface area contributed by atoms with Gasteiger partial charge in [0, 0.05) is 37.6 Å². The molecule has 0 bridgehead atoms. The van der Waals surface area contributed by atoms with E-state index in [1.54, 1.807) is 31.4 Å². The summed E-state index contributed by atoms with van der Waals surface area (Å²) in [7, 11) is -0.718. The van der Waals surface area contributed by atoms with Crippen molar-refractivity contribution in [2.45, 2.75) is 43.2 Å². The number of likely N-dealkylation sites (tertiary alicyclic amines) is 1. The fraction of sp³-hybridized carbons (Fsp3) is 0.406. The van der Waals surface area contributed by atoms with E-state index in [0.717, 1.165) is 11.1 Å². The molecule has 230 valence electrons. The predicted octanol–water partition coefficient (Wildman–Crippen LogP) is 4.76. The first-order chi connectivity index (χ1) is 20.7. The summed E-state index contributed by atoms with van der Waals surface area (Å²) in [4.78, 5) is 15.3. The maximum absolute atomic E-state index is 13.9. The van der Waals surface area contributed by atoms with E-state index in [9.17, 15) is 18.3 Å². The molecule has 0 aliphatic carbocycles. The van der Waals surface area contributed by atoms with Gasteiger partial charge < -0.3 is 24.1 Å². The number of rotatable bonds is 12. The zero-order valence-electron chi connectivity index (χ0n) is 24.8. The molecule has 0 radical (unpaired) electrons. The third kappa shape index (κ3) is 6.15. The second-order valence-corrected chi connectivity index (χ2v) is 12.8. The molecule has 1 saturated heterocycles. The Morgan fingerprint density at radius 1 is 0.977 bits per heavy atom. The van der Waals surface area contributed by atoms with Gasteiger partial charge in [-0.2, -0.15) is 4.31 Å². The molecular formula is C32H38N2O8S. The molecule has 3 aromatic carbocycles. The van der Waals surface area contributed by atoms with Crippen LogP contribution in [0.25, 0.3) is 0 Å². The second-order valence-electron chi connectivity index (χ2n) is 10.9. The van der Waals surface area contributed by atoms with Crippen molar-refractivity contribution >= 4 is 16.0 Å². The third-order valence-electron chi connectivity index (χ3n) is 8.27. The molecule has 0 amide bonds. The van der Waals surface area contributed by atoms with Gasteiger partial charge in [0.05, 0.1) is 25.0 Å². The molecule has 5 rings (SSSR count). The molecule has 0 saturated carbocycles. The van der Waals surface area contributed by atoms with Crippen LogP contribution in [-0.2, 0) is 14.8 Å². The maximum atomic E-state index is 13.9. The summed E-state index contributed by atoms with van der Waals surface area (Å²) in [6.45, 7) is 5.02. The number of carboxylic acid groups (broad SMARTS) is 1. The van der Waals surface area contributed by atoms with Crippen molar-refractivity contribution in [3.63, 3.8) is 0 Å². The number of sulfonamides is 1. The average Bonchev–Trinajstić information content (AvgIpc) is 3.64. The molecule has 11 heteroatoms. The number of nitrogens with zero attached hydrogens (tertiary/aromatic N) is 2. The van der Waals surface area contributed by atoms with E-state index in [1.807, 2.05) is 56.3 Å². The minimum atomic E-state index is -3.83. The molecule has 2 aliphatic heterocycles.